The Kier molecular flexibility index (Phi) is 4.17. The molecule has 0 saturated heterocycles. The molecule has 0 aliphatic carbocycles. The molecule has 1 aliphatic heterocycles. The van der Waals surface area contributed by atoms with Crippen molar-refractivity contribution in [1.29, 1.82) is 0 Å². The van der Waals surface area contributed by atoms with Crippen LogP contribution in [-0.4, -0.2) is 24.5 Å². The molecule has 3 aromatic rings. The molecule has 0 unspecified atom stereocenters. The summed E-state index contributed by atoms with van der Waals surface area (Å²) in [6.07, 6.45) is 1.07. The molecular formula is C20H16BrNO3. The number of carbonyl (C=O) groups is 1. The van der Waals surface area contributed by atoms with E-state index in [1.54, 1.807) is 7.11 Å². The number of carbonyl (C=O) groups excluding carboxylic acids is 1. The number of fused-ring (bicyclic) bond motifs is 2. The van der Waals surface area contributed by atoms with E-state index in [4.69, 9.17) is 9.47 Å². The lowest BCUT2D eigenvalue weighted by Gasteiger charge is -2.11. The molecule has 25 heavy (non-hydrogen) atoms. The maximum atomic E-state index is 12.9. The second-order valence-electron chi connectivity index (χ2n) is 5.99. The Labute approximate surface area is 153 Å². The minimum Gasteiger partial charge on any atom is -0.492 e. The molecular weight excluding hydrogens is 382 g/mol. The summed E-state index contributed by atoms with van der Waals surface area (Å²) in [6.45, 7) is 0.633. The summed E-state index contributed by atoms with van der Waals surface area (Å²) < 4.78 is 12.0. The van der Waals surface area contributed by atoms with E-state index in [-0.39, 0.29) is 12.2 Å². The fourth-order valence-corrected chi connectivity index (χ4v) is 3.56. The number of aromatic nitrogens is 1. The van der Waals surface area contributed by atoms with E-state index in [0.717, 1.165) is 38.7 Å². The van der Waals surface area contributed by atoms with Gasteiger partial charge in [-0.2, -0.15) is 0 Å². The molecule has 2 heterocycles. The summed E-state index contributed by atoms with van der Waals surface area (Å²) in [5.41, 5.74) is 3.33. The monoisotopic (exact) mass is 397 g/mol. The Morgan fingerprint density at radius 1 is 1.28 bits per heavy atom. The fraction of sp³-hybridized carbons (Fsp3) is 0.200. The number of methoxy groups -OCH3 is 1. The van der Waals surface area contributed by atoms with Gasteiger partial charge in [-0.05, 0) is 35.9 Å². The van der Waals surface area contributed by atoms with Gasteiger partial charge in [-0.15, -0.1) is 0 Å². The van der Waals surface area contributed by atoms with E-state index in [1.807, 2.05) is 42.5 Å². The number of halogens is 1. The Balaban J connectivity index is 1.72. The third-order valence-electron chi connectivity index (χ3n) is 4.38. The SMILES string of the molecule is COc1nc2ccc(Br)cc2cc1CC(=O)c1cccc2c1OCC2. The lowest BCUT2D eigenvalue weighted by atomic mass is 9.99. The molecule has 126 valence electrons. The molecule has 5 heteroatoms. The predicted molar refractivity (Wildman–Crippen MR) is 99.7 cm³/mol. The second kappa shape index (κ2) is 6.48. The van der Waals surface area contributed by atoms with Gasteiger partial charge in [-0.3, -0.25) is 4.79 Å². The van der Waals surface area contributed by atoms with Gasteiger partial charge in [0, 0.05) is 28.3 Å². The lowest BCUT2D eigenvalue weighted by molar-refractivity contribution is 0.0989. The van der Waals surface area contributed by atoms with Gasteiger partial charge >= 0.3 is 0 Å². The Hall–Kier alpha value is -2.40. The van der Waals surface area contributed by atoms with Crippen LogP contribution in [0.3, 0.4) is 0 Å². The van der Waals surface area contributed by atoms with Crippen molar-refractivity contribution in [2.45, 2.75) is 12.8 Å². The van der Waals surface area contributed by atoms with Crippen LogP contribution in [0.5, 0.6) is 11.6 Å². The molecule has 4 nitrogen and oxygen atoms in total. The standard InChI is InChI=1S/C20H16BrNO3/c1-24-20-14(9-13-10-15(21)5-6-17(13)22-20)11-18(23)16-4-2-3-12-7-8-25-19(12)16/h2-6,9-10H,7-8,11H2,1H3. The first-order chi connectivity index (χ1) is 12.2. The lowest BCUT2D eigenvalue weighted by Crippen LogP contribution is -2.07. The van der Waals surface area contributed by atoms with Crippen LogP contribution in [0.4, 0.5) is 0 Å². The van der Waals surface area contributed by atoms with Gasteiger partial charge in [0.05, 0.1) is 24.8 Å². The van der Waals surface area contributed by atoms with E-state index in [1.165, 1.54) is 0 Å². The van der Waals surface area contributed by atoms with Crippen molar-refractivity contribution in [2.75, 3.05) is 13.7 Å². The van der Waals surface area contributed by atoms with Crippen LogP contribution in [0.2, 0.25) is 0 Å². The third-order valence-corrected chi connectivity index (χ3v) is 4.87. The minimum absolute atomic E-state index is 0.00759. The Morgan fingerprint density at radius 2 is 2.16 bits per heavy atom. The maximum absolute atomic E-state index is 12.9. The molecule has 0 bridgehead atoms. The van der Waals surface area contributed by atoms with Crippen molar-refractivity contribution in [1.82, 2.24) is 4.98 Å². The smallest absolute Gasteiger partial charge is 0.217 e. The van der Waals surface area contributed by atoms with Gasteiger partial charge in [-0.25, -0.2) is 4.98 Å². The van der Waals surface area contributed by atoms with Crippen molar-refractivity contribution < 1.29 is 14.3 Å². The number of benzene rings is 2. The van der Waals surface area contributed by atoms with Gasteiger partial charge in [0.1, 0.15) is 5.75 Å². The van der Waals surface area contributed by atoms with Gasteiger partial charge in [-0.1, -0.05) is 28.1 Å². The quantitative estimate of drug-likeness (QED) is 0.613. The largest absolute Gasteiger partial charge is 0.492 e. The molecule has 1 aromatic heterocycles. The van der Waals surface area contributed by atoms with E-state index in [9.17, 15) is 4.79 Å². The van der Waals surface area contributed by atoms with Crippen molar-refractivity contribution in [3.8, 4) is 11.6 Å². The number of Topliss-reactive ketones (excluding diaryl/α,β-unsaturated/α-hetero) is 1. The number of para-hydroxylation sites is 1. The van der Waals surface area contributed by atoms with E-state index < -0.39 is 0 Å². The molecule has 1 aliphatic rings. The highest BCUT2D eigenvalue weighted by atomic mass is 79.9. The normalized spacial score (nSPS) is 12.7. The maximum Gasteiger partial charge on any atom is 0.217 e. The number of nitrogens with zero attached hydrogens (tertiary/aromatic N) is 1. The summed E-state index contributed by atoms with van der Waals surface area (Å²) in [5, 5.41) is 0.965. The molecule has 0 fully saturated rings. The number of rotatable bonds is 4. The average Bonchev–Trinajstić information content (AvgIpc) is 3.09. The summed E-state index contributed by atoms with van der Waals surface area (Å²) in [5.74, 6) is 1.22. The molecule has 0 spiro atoms. The van der Waals surface area contributed by atoms with Crippen LogP contribution in [0.1, 0.15) is 21.5 Å². The van der Waals surface area contributed by atoms with Gasteiger partial charge in [0.25, 0.3) is 0 Å². The van der Waals surface area contributed by atoms with Crippen molar-refractivity contribution in [3.63, 3.8) is 0 Å². The Morgan fingerprint density at radius 3 is 3.00 bits per heavy atom. The van der Waals surface area contributed by atoms with E-state index >= 15 is 0 Å². The summed E-state index contributed by atoms with van der Waals surface area (Å²) in [7, 11) is 1.57. The van der Waals surface area contributed by atoms with Crippen LogP contribution in [0, 0.1) is 0 Å². The molecule has 0 radical (unpaired) electrons. The zero-order chi connectivity index (χ0) is 17.4. The summed E-state index contributed by atoms with van der Waals surface area (Å²) >= 11 is 3.47. The predicted octanol–water partition coefficient (Wildman–Crippen LogP) is 4.37. The van der Waals surface area contributed by atoms with Gasteiger partial charge in [0.2, 0.25) is 5.88 Å². The van der Waals surface area contributed by atoms with Crippen LogP contribution in [0.15, 0.2) is 46.9 Å². The molecule has 4 rings (SSSR count). The molecule has 0 atom stereocenters. The number of hydrogen-bond donors (Lipinski definition) is 0. The highest BCUT2D eigenvalue weighted by Gasteiger charge is 2.22. The van der Waals surface area contributed by atoms with Crippen molar-refractivity contribution in [2.24, 2.45) is 0 Å². The molecule has 0 amide bonds. The van der Waals surface area contributed by atoms with Crippen molar-refractivity contribution >= 4 is 32.6 Å². The van der Waals surface area contributed by atoms with Crippen LogP contribution >= 0.6 is 15.9 Å². The minimum atomic E-state index is 0.00759. The third kappa shape index (κ3) is 3.00. The highest BCUT2D eigenvalue weighted by Crippen LogP contribution is 2.31. The molecule has 0 saturated carbocycles. The number of ether oxygens (including phenoxy) is 2. The first kappa shape index (κ1) is 16.1. The number of pyridine rings is 1. The van der Waals surface area contributed by atoms with E-state index in [0.29, 0.717) is 18.1 Å². The van der Waals surface area contributed by atoms with Crippen molar-refractivity contribution in [3.05, 3.63) is 63.6 Å². The zero-order valence-corrected chi connectivity index (χ0v) is 15.3. The van der Waals surface area contributed by atoms with Crippen LogP contribution in [0.25, 0.3) is 10.9 Å². The highest BCUT2D eigenvalue weighted by molar-refractivity contribution is 9.10. The fourth-order valence-electron chi connectivity index (χ4n) is 3.18. The van der Waals surface area contributed by atoms with Gasteiger partial charge < -0.3 is 9.47 Å². The van der Waals surface area contributed by atoms with E-state index in [2.05, 4.69) is 20.9 Å². The first-order valence-corrected chi connectivity index (χ1v) is 8.86. The van der Waals surface area contributed by atoms with Crippen LogP contribution in [-0.2, 0) is 12.8 Å². The summed E-state index contributed by atoms with van der Waals surface area (Å²) in [6, 6.07) is 13.6. The van der Waals surface area contributed by atoms with Crippen LogP contribution < -0.4 is 9.47 Å². The molecule has 0 N–H and O–H groups in total. The first-order valence-electron chi connectivity index (χ1n) is 8.07. The summed E-state index contributed by atoms with van der Waals surface area (Å²) in [4.78, 5) is 17.4. The average molecular weight is 398 g/mol. The molecule has 2 aromatic carbocycles. The topological polar surface area (TPSA) is 48.4 Å². The number of hydrogen-bond acceptors (Lipinski definition) is 4. The Bertz CT molecular complexity index is 984. The zero-order valence-electron chi connectivity index (χ0n) is 13.7. The number of ketones is 1. The van der Waals surface area contributed by atoms with Gasteiger partial charge in [0.15, 0.2) is 5.78 Å². The second-order valence-corrected chi connectivity index (χ2v) is 6.90.